The Bertz CT molecular complexity index is 719. The molecular weight excluding hydrogens is 416 g/mol. The van der Waals surface area contributed by atoms with Crippen molar-refractivity contribution in [1.82, 2.24) is 0 Å². The zero-order valence-corrected chi connectivity index (χ0v) is 24.7. The molecule has 0 aromatic carbocycles. The minimum absolute atomic E-state index is 0.458. The Morgan fingerprint density at radius 2 is 1.67 bits per heavy atom. The van der Waals surface area contributed by atoms with Gasteiger partial charge in [0.05, 0.1) is 0 Å². The van der Waals surface area contributed by atoms with Crippen LogP contribution in [-0.4, -0.2) is 14.4 Å². The van der Waals surface area contributed by atoms with E-state index >= 15 is 0 Å². The van der Waals surface area contributed by atoms with Gasteiger partial charge in [-0.25, -0.2) is 0 Å². The third-order valence-corrected chi connectivity index (χ3v) is 12.6. The molecule has 1 unspecified atom stereocenters. The fourth-order valence-corrected chi connectivity index (χ4v) is 10.5. The minimum Gasteiger partial charge on any atom is -0.414 e. The monoisotopic (exact) mass is 472 g/mol. The molecule has 3 saturated carbocycles. The van der Waals surface area contributed by atoms with Crippen molar-refractivity contribution in [1.29, 1.82) is 0 Å². The first-order valence-corrected chi connectivity index (χ1v) is 18.1. The fourth-order valence-electron chi connectivity index (χ4n) is 9.26. The molecule has 1 nitrogen and oxygen atoms in total. The normalized spacial score (nSPS) is 42.8. The van der Waals surface area contributed by atoms with Crippen LogP contribution in [0.5, 0.6) is 0 Å². The van der Waals surface area contributed by atoms with Crippen LogP contribution in [0.15, 0.2) is 11.6 Å². The average molecular weight is 473 g/mol. The minimum atomic E-state index is -1.45. The Hall–Kier alpha value is -0.0831. The van der Waals surface area contributed by atoms with Crippen molar-refractivity contribution < 1.29 is 4.43 Å². The molecule has 4 aliphatic carbocycles. The van der Waals surface area contributed by atoms with Gasteiger partial charge in [0.15, 0.2) is 8.32 Å². The molecule has 0 heterocycles. The van der Waals surface area contributed by atoms with Crippen LogP contribution in [0, 0.1) is 52.3 Å². The maximum Gasteiger partial charge on any atom is 0.184 e. The SMILES string of the molecule is CC(C)[C@H](C)CC[C@@H](C)[C@H]1CC[C@H]2[C@@H]3CC=C4CC(O[Si](C)(C)C)CC[C@]4(C)[C@H]3CC[C@]12C. The van der Waals surface area contributed by atoms with Crippen LogP contribution in [0.3, 0.4) is 0 Å². The Morgan fingerprint density at radius 1 is 0.939 bits per heavy atom. The standard InChI is InChI=1S/C31H56OSi/c1-21(2)22(3)10-11-23(4)27-14-15-28-26-13-12-24-20-25(32-33(7,8)9)16-18-30(24,5)29(26)17-19-31(27,28)6/h12,21-23,25-29H,10-11,13-20H2,1-9H3/t22-,23-,25?,26+,27-,28+,29+,30+,31-/m1/s1. The molecule has 0 aromatic rings. The number of allylic oxidation sites excluding steroid dienone is 1. The van der Waals surface area contributed by atoms with Gasteiger partial charge in [-0.15, -0.1) is 0 Å². The second-order valence-corrected chi connectivity index (χ2v) is 19.3. The first kappa shape index (κ1) is 26.0. The van der Waals surface area contributed by atoms with E-state index in [0.29, 0.717) is 16.9 Å². The maximum absolute atomic E-state index is 6.59. The van der Waals surface area contributed by atoms with Gasteiger partial charge in [0, 0.05) is 6.10 Å². The molecule has 9 atom stereocenters. The van der Waals surface area contributed by atoms with E-state index in [9.17, 15) is 0 Å². The first-order valence-electron chi connectivity index (χ1n) is 14.7. The summed E-state index contributed by atoms with van der Waals surface area (Å²) < 4.78 is 6.59. The van der Waals surface area contributed by atoms with E-state index in [1.165, 1.54) is 64.2 Å². The van der Waals surface area contributed by atoms with Gasteiger partial charge >= 0.3 is 0 Å². The lowest BCUT2D eigenvalue weighted by molar-refractivity contribution is -0.0565. The summed E-state index contributed by atoms with van der Waals surface area (Å²) in [5.41, 5.74) is 2.84. The lowest BCUT2D eigenvalue weighted by Crippen LogP contribution is -2.51. The van der Waals surface area contributed by atoms with Crippen molar-refractivity contribution >= 4 is 8.32 Å². The highest BCUT2D eigenvalue weighted by Crippen LogP contribution is 2.67. The van der Waals surface area contributed by atoms with Crippen LogP contribution in [0.2, 0.25) is 19.6 Å². The molecule has 0 radical (unpaired) electrons. The average Bonchev–Trinajstić information content (AvgIpc) is 3.08. The summed E-state index contributed by atoms with van der Waals surface area (Å²) in [6.07, 6.45) is 17.3. The van der Waals surface area contributed by atoms with Crippen molar-refractivity contribution in [3.63, 3.8) is 0 Å². The second-order valence-electron chi connectivity index (χ2n) is 14.9. The fraction of sp³-hybridized carbons (Fsp3) is 0.935. The summed E-state index contributed by atoms with van der Waals surface area (Å²) >= 11 is 0. The summed E-state index contributed by atoms with van der Waals surface area (Å²) in [7, 11) is -1.45. The molecule has 4 aliphatic rings. The third-order valence-electron chi connectivity index (χ3n) is 11.6. The quantitative estimate of drug-likeness (QED) is 0.265. The lowest BCUT2D eigenvalue weighted by atomic mass is 9.47. The third kappa shape index (κ3) is 4.96. The Kier molecular flexibility index (Phi) is 7.42. The van der Waals surface area contributed by atoms with Crippen LogP contribution in [0.1, 0.15) is 106 Å². The second kappa shape index (κ2) is 9.42. The molecule has 0 amide bonds. The summed E-state index contributed by atoms with van der Waals surface area (Å²) in [6.45, 7) is 22.3. The molecule has 0 bridgehead atoms. The van der Waals surface area contributed by atoms with Crippen molar-refractivity contribution in [3.8, 4) is 0 Å². The smallest absolute Gasteiger partial charge is 0.184 e. The number of hydrogen-bond donors (Lipinski definition) is 0. The topological polar surface area (TPSA) is 9.23 Å². The van der Waals surface area contributed by atoms with Crippen molar-refractivity contribution in [3.05, 3.63) is 11.6 Å². The summed E-state index contributed by atoms with van der Waals surface area (Å²) in [6, 6.07) is 0. The molecule has 3 fully saturated rings. The number of hydrogen-bond acceptors (Lipinski definition) is 1. The summed E-state index contributed by atoms with van der Waals surface area (Å²) in [4.78, 5) is 0. The van der Waals surface area contributed by atoms with Gasteiger partial charge in [0.1, 0.15) is 0 Å². The van der Waals surface area contributed by atoms with Gasteiger partial charge in [-0.2, -0.15) is 0 Å². The zero-order chi connectivity index (χ0) is 24.2. The maximum atomic E-state index is 6.59. The van der Waals surface area contributed by atoms with E-state index in [2.05, 4.69) is 67.3 Å². The highest BCUT2D eigenvalue weighted by Gasteiger charge is 2.59. The van der Waals surface area contributed by atoms with Crippen molar-refractivity contribution in [2.75, 3.05) is 0 Å². The molecule has 0 aliphatic heterocycles. The van der Waals surface area contributed by atoms with Gasteiger partial charge in [0.2, 0.25) is 0 Å². The summed E-state index contributed by atoms with van der Waals surface area (Å²) in [5.74, 6) is 6.40. The Labute approximate surface area is 208 Å². The lowest BCUT2D eigenvalue weighted by Gasteiger charge is -2.58. The van der Waals surface area contributed by atoms with Gasteiger partial charge in [-0.1, -0.05) is 66.0 Å². The molecule has 0 spiro atoms. The van der Waals surface area contributed by atoms with Crippen LogP contribution >= 0.6 is 0 Å². The largest absolute Gasteiger partial charge is 0.414 e. The molecule has 0 saturated heterocycles. The van der Waals surface area contributed by atoms with E-state index in [0.717, 1.165) is 41.4 Å². The molecule has 33 heavy (non-hydrogen) atoms. The Morgan fingerprint density at radius 3 is 2.33 bits per heavy atom. The van der Waals surface area contributed by atoms with Crippen molar-refractivity contribution in [2.24, 2.45) is 52.3 Å². The van der Waals surface area contributed by atoms with Gasteiger partial charge in [-0.3, -0.25) is 0 Å². The van der Waals surface area contributed by atoms with E-state index in [1.807, 2.05) is 0 Å². The predicted octanol–water partition coefficient (Wildman–Crippen LogP) is 9.49. The molecule has 0 N–H and O–H groups in total. The summed E-state index contributed by atoms with van der Waals surface area (Å²) in [5, 5.41) is 0. The molecule has 2 heteroatoms. The van der Waals surface area contributed by atoms with E-state index in [4.69, 9.17) is 4.43 Å². The van der Waals surface area contributed by atoms with E-state index in [1.54, 1.807) is 5.57 Å². The van der Waals surface area contributed by atoms with E-state index in [-0.39, 0.29) is 0 Å². The van der Waals surface area contributed by atoms with Crippen LogP contribution in [0.25, 0.3) is 0 Å². The number of fused-ring (bicyclic) bond motifs is 5. The van der Waals surface area contributed by atoms with Crippen LogP contribution in [-0.2, 0) is 4.43 Å². The highest BCUT2D eigenvalue weighted by molar-refractivity contribution is 6.69. The highest BCUT2D eigenvalue weighted by atomic mass is 28.4. The molecular formula is C31H56OSi. The molecule has 0 aromatic heterocycles. The van der Waals surface area contributed by atoms with Crippen LogP contribution in [0.4, 0.5) is 0 Å². The zero-order valence-electron chi connectivity index (χ0n) is 23.7. The van der Waals surface area contributed by atoms with Gasteiger partial charge in [0.25, 0.3) is 0 Å². The van der Waals surface area contributed by atoms with Crippen LogP contribution < -0.4 is 0 Å². The van der Waals surface area contributed by atoms with Gasteiger partial charge in [-0.05, 0) is 123 Å². The van der Waals surface area contributed by atoms with Gasteiger partial charge < -0.3 is 4.43 Å². The molecule has 4 rings (SSSR count). The first-order chi connectivity index (χ1) is 15.3. The van der Waals surface area contributed by atoms with E-state index < -0.39 is 8.32 Å². The van der Waals surface area contributed by atoms with Crippen molar-refractivity contribution in [2.45, 2.75) is 131 Å². The Balaban J connectivity index is 1.46. The molecule has 190 valence electrons. The number of rotatable bonds is 7. The predicted molar refractivity (Wildman–Crippen MR) is 146 cm³/mol.